The van der Waals surface area contributed by atoms with Gasteiger partial charge in [0.1, 0.15) is 0 Å². The number of carbonyl (C=O) groups is 1. The van der Waals surface area contributed by atoms with Gasteiger partial charge in [-0.15, -0.1) is 0 Å². The second-order valence-corrected chi connectivity index (χ2v) is 6.67. The number of hydrogen-bond donors (Lipinski definition) is 2. The Morgan fingerprint density at radius 2 is 2.14 bits per heavy atom. The van der Waals surface area contributed by atoms with E-state index in [1.807, 2.05) is 0 Å². The van der Waals surface area contributed by atoms with E-state index in [0.29, 0.717) is 18.3 Å². The third-order valence-corrected chi connectivity index (χ3v) is 4.69. The summed E-state index contributed by atoms with van der Waals surface area (Å²) in [4.78, 5) is 14.5. The molecule has 3 atom stereocenters. The zero-order valence-corrected chi connectivity index (χ0v) is 13.6. The van der Waals surface area contributed by atoms with Crippen LogP contribution in [0.5, 0.6) is 0 Å². The maximum absolute atomic E-state index is 12.2. The van der Waals surface area contributed by atoms with Crippen LogP contribution in [0.4, 0.5) is 0 Å². The average molecular weight is 297 g/mol. The fraction of sp³-hybridized carbons (Fsp3) is 0.938. The Hall–Kier alpha value is -0.650. The predicted molar refractivity (Wildman–Crippen MR) is 84.2 cm³/mol. The van der Waals surface area contributed by atoms with E-state index in [0.717, 1.165) is 45.9 Å². The SMILES string of the molecule is CC(CN1CCOCC1)NC(=O)CC(C)C1CCCNC1. The molecule has 5 nitrogen and oxygen atoms in total. The van der Waals surface area contributed by atoms with E-state index in [1.165, 1.54) is 12.8 Å². The van der Waals surface area contributed by atoms with Gasteiger partial charge in [-0.05, 0) is 44.7 Å². The molecule has 0 aromatic rings. The first kappa shape index (κ1) is 16.7. The van der Waals surface area contributed by atoms with E-state index in [-0.39, 0.29) is 11.9 Å². The van der Waals surface area contributed by atoms with E-state index >= 15 is 0 Å². The lowest BCUT2D eigenvalue weighted by molar-refractivity contribution is -0.123. The van der Waals surface area contributed by atoms with Gasteiger partial charge in [-0.3, -0.25) is 9.69 Å². The van der Waals surface area contributed by atoms with Crippen molar-refractivity contribution in [2.75, 3.05) is 45.9 Å². The van der Waals surface area contributed by atoms with Crippen LogP contribution in [0, 0.1) is 11.8 Å². The minimum Gasteiger partial charge on any atom is -0.379 e. The molecule has 0 saturated carbocycles. The van der Waals surface area contributed by atoms with Crippen LogP contribution in [0.15, 0.2) is 0 Å². The first-order valence-corrected chi connectivity index (χ1v) is 8.45. The van der Waals surface area contributed by atoms with Crippen LogP contribution in [0.1, 0.15) is 33.1 Å². The van der Waals surface area contributed by atoms with Crippen molar-refractivity contribution in [3.05, 3.63) is 0 Å². The molecular weight excluding hydrogens is 266 g/mol. The number of morpholine rings is 1. The van der Waals surface area contributed by atoms with Gasteiger partial charge in [0.15, 0.2) is 0 Å². The summed E-state index contributed by atoms with van der Waals surface area (Å²) in [5, 5.41) is 6.59. The molecule has 0 radical (unpaired) electrons. The van der Waals surface area contributed by atoms with E-state index in [9.17, 15) is 4.79 Å². The largest absolute Gasteiger partial charge is 0.379 e. The van der Waals surface area contributed by atoms with Gasteiger partial charge >= 0.3 is 0 Å². The van der Waals surface area contributed by atoms with Gasteiger partial charge in [-0.2, -0.15) is 0 Å². The van der Waals surface area contributed by atoms with E-state index in [4.69, 9.17) is 4.74 Å². The number of nitrogens with one attached hydrogen (secondary N) is 2. The topological polar surface area (TPSA) is 53.6 Å². The highest BCUT2D eigenvalue weighted by atomic mass is 16.5. The average Bonchev–Trinajstić information content (AvgIpc) is 2.48. The minimum atomic E-state index is 0.203. The lowest BCUT2D eigenvalue weighted by Gasteiger charge is -2.30. The monoisotopic (exact) mass is 297 g/mol. The minimum absolute atomic E-state index is 0.203. The standard InChI is InChI=1S/C16H31N3O2/c1-13(15-4-3-5-17-11-15)10-16(20)18-14(2)12-19-6-8-21-9-7-19/h13-15,17H,3-12H2,1-2H3,(H,18,20). The van der Waals surface area contributed by atoms with Crippen LogP contribution in [-0.4, -0.2) is 62.8 Å². The number of hydrogen-bond acceptors (Lipinski definition) is 4. The highest BCUT2D eigenvalue weighted by molar-refractivity contribution is 5.76. The molecule has 122 valence electrons. The van der Waals surface area contributed by atoms with Crippen molar-refractivity contribution in [1.82, 2.24) is 15.5 Å². The second-order valence-electron chi connectivity index (χ2n) is 6.67. The zero-order chi connectivity index (χ0) is 15.1. The Morgan fingerprint density at radius 3 is 2.81 bits per heavy atom. The molecule has 2 saturated heterocycles. The number of rotatable bonds is 6. The Morgan fingerprint density at radius 1 is 1.38 bits per heavy atom. The number of amides is 1. The third kappa shape index (κ3) is 5.93. The molecule has 2 aliphatic heterocycles. The molecule has 5 heteroatoms. The van der Waals surface area contributed by atoms with Crippen molar-refractivity contribution in [2.24, 2.45) is 11.8 Å². The molecule has 2 rings (SSSR count). The molecular formula is C16H31N3O2. The summed E-state index contributed by atoms with van der Waals surface area (Å²) in [6.07, 6.45) is 3.15. The van der Waals surface area contributed by atoms with E-state index < -0.39 is 0 Å². The molecule has 2 N–H and O–H groups in total. The van der Waals surface area contributed by atoms with Crippen molar-refractivity contribution >= 4 is 5.91 Å². The van der Waals surface area contributed by atoms with Crippen LogP contribution in [-0.2, 0) is 9.53 Å². The number of carbonyl (C=O) groups excluding carboxylic acids is 1. The molecule has 2 fully saturated rings. The summed E-state index contributed by atoms with van der Waals surface area (Å²) in [5.74, 6) is 1.32. The smallest absolute Gasteiger partial charge is 0.220 e. The Labute approximate surface area is 128 Å². The summed E-state index contributed by atoms with van der Waals surface area (Å²) < 4.78 is 5.35. The first-order chi connectivity index (χ1) is 10.1. The molecule has 21 heavy (non-hydrogen) atoms. The van der Waals surface area contributed by atoms with Crippen molar-refractivity contribution in [1.29, 1.82) is 0 Å². The maximum Gasteiger partial charge on any atom is 0.220 e. The van der Waals surface area contributed by atoms with Gasteiger partial charge < -0.3 is 15.4 Å². The number of piperidine rings is 1. The molecule has 0 aromatic heterocycles. The van der Waals surface area contributed by atoms with Crippen LogP contribution in [0.25, 0.3) is 0 Å². The van der Waals surface area contributed by atoms with Gasteiger partial charge in [-0.25, -0.2) is 0 Å². The Balaban J connectivity index is 1.65. The van der Waals surface area contributed by atoms with Crippen molar-refractivity contribution in [3.63, 3.8) is 0 Å². The highest BCUT2D eigenvalue weighted by Gasteiger charge is 2.23. The van der Waals surface area contributed by atoms with Crippen LogP contribution >= 0.6 is 0 Å². The van der Waals surface area contributed by atoms with Crippen molar-refractivity contribution in [3.8, 4) is 0 Å². The fourth-order valence-electron chi connectivity index (χ4n) is 3.37. The number of ether oxygens (including phenoxy) is 1. The fourth-order valence-corrected chi connectivity index (χ4v) is 3.37. The van der Waals surface area contributed by atoms with Crippen LogP contribution in [0.3, 0.4) is 0 Å². The van der Waals surface area contributed by atoms with Gasteiger partial charge in [-0.1, -0.05) is 6.92 Å². The maximum atomic E-state index is 12.2. The molecule has 0 spiro atoms. The molecule has 0 bridgehead atoms. The van der Waals surface area contributed by atoms with Gasteiger partial charge in [0.05, 0.1) is 13.2 Å². The Bertz CT molecular complexity index is 313. The molecule has 2 aliphatic rings. The zero-order valence-electron chi connectivity index (χ0n) is 13.6. The summed E-state index contributed by atoms with van der Waals surface area (Å²) in [5.41, 5.74) is 0. The van der Waals surface area contributed by atoms with Crippen molar-refractivity contribution < 1.29 is 9.53 Å². The normalized spacial score (nSPS) is 27.0. The summed E-state index contributed by atoms with van der Waals surface area (Å²) >= 11 is 0. The Kier molecular flexibility index (Phi) is 6.93. The molecule has 1 amide bonds. The van der Waals surface area contributed by atoms with Crippen LogP contribution in [0.2, 0.25) is 0 Å². The van der Waals surface area contributed by atoms with Crippen LogP contribution < -0.4 is 10.6 Å². The molecule has 0 aromatic carbocycles. The number of nitrogens with zero attached hydrogens (tertiary/aromatic N) is 1. The predicted octanol–water partition coefficient (Wildman–Crippen LogP) is 0.849. The van der Waals surface area contributed by atoms with E-state index in [1.54, 1.807) is 0 Å². The first-order valence-electron chi connectivity index (χ1n) is 8.45. The summed E-state index contributed by atoms with van der Waals surface area (Å²) in [6.45, 7) is 11.0. The van der Waals surface area contributed by atoms with Gasteiger partial charge in [0.25, 0.3) is 0 Å². The third-order valence-electron chi connectivity index (χ3n) is 4.69. The quantitative estimate of drug-likeness (QED) is 0.763. The van der Waals surface area contributed by atoms with E-state index in [2.05, 4.69) is 29.4 Å². The highest BCUT2D eigenvalue weighted by Crippen LogP contribution is 2.22. The van der Waals surface area contributed by atoms with Gasteiger partial charge in [0.2, 0.25) is 5.91 Å². The van der Waals surface area contributed by atoms with Crippen molar-refractivity contribution in [2.45, 2.75) is 39.2 Å². The molecule has 0 aliphatic carbocycles. The molecule has 2 heterocycles. The lowest BCUT2D eigenvalue weighted by atomic mass is 9.85. The molecule has 3 unspecified atom stereocenters. The van der Waals surface area contributed by atoms with Gasteiger partial charge in [0, 0.05) is 32.1 Å². The summed E-state index contributed by atoms with van der Waals surface area (Å²) in [7, 11) is 0. The lowest BCUT2D eigenvalue weighted by Crippen LogP contribution is -2.46. The summed E-state index contributed by atoms with van der Waals surface area (Å²) in [6, 6.07) is 0.215. The second kappa shape index (κ2) is 8.71.